The van der Waals surface area contributed by atoms with E-state index in [1.165, 1.54) is 18.2 Å². The van der Waals surface area contributed by atoms with Crippen LogP contribution in [0, 0.1) is 17.0 Å². The largest absolute Gasteiger partial charge is 0.451 e. The molecule has 1 heterocycles. The molecule has 0 fully saturated rings. The molecular formula is C18H14BrN3O5. The molecule has 2 N–H and O–H groups in total. The van der Waals surface area contributed by atoms with Crippen LogP contribution in [0.25, 0.3) is 10.9 Å². The normalized spacial score (nSPS) is 10.6. The van der Waals surface area contributed by atoms with Gasteiger partial charge in [-0.15, -0.1) is 0 Å². The Balaban J connectivity index is 1.65. The second-order valence-corrected chi connectivity index (χ2v) is 6.54. The molecule has 0 unspecified atom stereocenters. The lowest BCUT2D eigenvalue weighted by molar-refractivity contribution is -0.385. The van der Waals surface area contributed by atoms with Crippen molar-refractivity contribution in [1.82, 2.24) is 4.98 Å². The van der Waals surface area contributed by atoms with Crippen LogP contribution in [-0.4, -0.2) is 28.4 Å². The third-order valence-electron chi connectivity index (χ3n) is 3.87. The number of nitro groups is 1. The smallest absolute Gasteiger partial charge is 0.356 e. The first-order valence-electron chi connectivity index (χ1n) is 7.85. The highest BCUT2D eigenvalue weighted by Crippen LogP contribution is 2.28. The average Bonchev–Trinajstić information content (AvgIpc) is 2.98. The number of benzene rings is 2. The molecule has 0 aliphatic carbocycles. The van der Waals surface area contributed by atoms with E-state index in [0.29, 0.717) is 10.0 Å². The Morgan fingerprint density at radius 3 is 2.70 bits per heavy atom. The second-order valence-electron chi connectivity index (χ2n) is 5.74. The number of anilines is 1. The number of rotatable bonds is 5. The molecule has 0 saturated heterocycles. The molecule has 0 saturated carbocycles. The molecule has 8 nitrogen and oxygen atoms in total. The van der Waals surface area contributed by atoms with Crippen molar-refractivity contribution in [2.24, 2.45) is 0 Å². The number of aromatic nitrogens is 1. The van der Waals surface area contributed by atoms with Gasteiger partial charge in [0.1, 0.15) is 5.69 Å². The Labute approximate surface area is 161 Å². The van der Waals surface area contributed by atoms with Crippen molar-refractivity contribution in [3.63, 3.8) is 0 Å². The van der Waals surface area contributed by atoms with Gasteiger partial charge in [-0.3, -0.25) is 14.9 Å². The van der Waals surface area contributed by atoms with E-state index in [9.17, 15) is 19.7 Å². The van der Waals surface area contributed by atoms with Crippen LogP contribution in [0.15, 0.2) is 46.9 Å². The molecular weight excluding hydrogens is 418 g/mol. The fourth-order valence-corrected chi connectivity index (χ4v) is 3.14. The van der Waals surface area contributed by atoms with Gasteiger partial charge in [0.15, 0.2) is 6.61 Å². The zero-order valence-electron chi connectivity index (χ0n) is 14.1. The van der Waals surface area contributed by atoms with E-state index in [0.717, 1.165) is 10.9 Å². The van der Waals surface area contributed by atoms with E-state index in [1.54, 1.807) is 6.92 Å². The summed E-state index contributed by atoms with van der Waals surface area (Å²) in [6.45, 7) is 1.08. The lowest BCUT2D eigenvalue weighted by atomic mass is 10.2. The minimum atomic E-state index is -0.692. The zero-order valence-corrected chi connectivity index (χ0v) is 15.7. The van der Waals surface area contributed by atoms with Gasteiger partial charge in [-0.1, -0.05) is 24.3 Å². The average molecular weight is 432 g/mol. The Morgan fingerprint density at radius 2 is 2.00 bits per heavy atom. The number of H-pyrrole nitrogens is 1. The number of esters is 1. The van der Waals surface area contributed by atoms with Crippen LogP contribution in [0.3, 0.4) is 0 Å². The number of nitro benzene ring substituents is 1. The fraction of sp³-hybridized carbons (Fsp3) is 0.111. The minimum Gasteiger partial charge on any atom is -0.451 e. The molecule has 0 atom stereocenters. The Hall–Kier alpha value is -3.20. The van der Waals surface area contributed by atoms with Crippen molar-refractivity contribution < 1.29 is 19.2 Å². The third kappa shape index (κ3) is 3.98. The summed E-state index contributed by atoms with van der Waals surface area (Å²) in [7, 11) is 0. The summed E-state index contributed by atoms with van der Waals surface area (Å²) in [5.74, 6) is -1.29. The van der Waals surface area contributed by atoms with Gasteiger partial charge in [0.2, 0.25) is 0 Å². The molecule has 1 aromatic heterocycles. The number of nitrogens with one attached hydrogen (secondary N) is 2. The molecule has 9 heteroatoms. The molecule has 3 rings (SSSR count). The van der Waals surface area contributed by atoms with Gasteiger partial charge in [-0.25, -0.2) is 4.79 Å². The van der Waals surface area contributed by atoms with Crippen LogP contribution in [-0.2, 0) is 9.53 Å². The van der Waals surface area contributed by atoms with Crippen molar-refractivity contribution in [2.45, 2.75) is 6.92 Å². The Kier molecular flexibility index (Phi) is 5.22. The van der Waals surface area contributed by atoms with E-state index in [4.69, 9.17) is 4.74 Å². The number of ether oxygens (including phenoxy) is 1. The molecule has 27 heavy (non-hydrogen) atoms. The first-order chi connectivity index (χ1) is 12.9. The van der Waals surface area contributed by atoms with Crippen LogP contribution >= 0.6 is 15.9 Å². The summed E-state index contributed by atoms with van der Waals surface area (Å²) < 4.78 is 5.58. The number of hydrogen-bond donors (Lipinski definition) is 2. The van der Waals surface area contributed by atoms with Gasteiger partial charge in [0, 0.05) is 28.2 Å². The number of hydrogen-bond acceptors (Lipinski definition) is 5. The summed E-state index contributed by atoms with van der Waals surface area (Å²) in [6.07, 6.45) is 0. The first-order valence-corrected chi connectivity index (χ1v) is 8.64. The van der Waals surface area contributed by atoms with Gasteiger partial charge < -0.3 is 15.0 Å². The van der Waals surface area contributed by atoms with Crippen molar-refractivity contribution in [3.05, 3.63) is 68.3 Å². The Bertz CT molecular complexity index is 1060. The van der Waals surface area contributed by atoms with Crippen LogP contribution in [0.2, 0.25) is 0 Å². The highest BCUT2D eigenvalue weighted by molar-refractivity contribution is 9.10. The molecule has 3 aromatic rings. The standard InChI is InChI=1S/C18H14BrN3O5/c1-10-6-7-11(8-14(10)22(25)26)20-15(23)9-27-18(24)17-16(19)12-4-2-3-5-13(12)21-17/h2-8,21H,9H2,1H3,(H,20,23). The molecule has 1 amide bonds. The minimum absolute atomic E-state index is 0.105. The molecule has 0 aliphatic heterocycles. The van der Waals surface area contributed by atoms with Gasteiger partial charge in [-0.05, 0) is 35.0 Å². The number of carbonyl (C=O) groups excluding carboxylic acids is 2. The van der Waals surface area contributed by atoms with E-state index >= 15 is 0 Å². The van der Waals surface area contributed by atoms with Gasteiger partial charge >= 0.3 is 5.97 Å². The summed E-state index contributed by atoms with van der Waals surface area (Å²) in [4.78, 5) is 37.6. The summed E-state index contributed by atoms with van der Waals surface area (Å²) in [5.41, 5.74) is 1.59. The van der Waals surface area contributed by atoms with Gasteiger partial charge in [-0.2, -0.15) is 0 Å². The van der Waals surface area contributed by atoms with Crippen molar-refractivity contribution >= 4 is 50.1 Å². The number of aryl methyl sites for hydroxylation is 1. The van der Waals surface area contributed by atoms with E-state index in [-0.39, 0.29) is 17.1 Å². The van der Waals surface area contributed by atoms with Gasteiger partial charge in [0.05, 0.1) is 9.40 Å². The summed E-state index contributed by atoms with van der Waals surface area (Å²) in [5, 5.41) is 14.2. The molecule has 0 spiro atoms. The number of halogens is 1. The predicted molar refractivity (Wildman–Crippen MR) is 103 cm³/mol. The summed E-state index contributed by atoms with van der Waals surface area (Å²) >= 11 is 3.35. The monoisotopic (exact) mass is 431 g/mol. The Morgan fingerprint density at radius 1 is 1.26 bits per heavy atom. The third-order valence-corrected chi connectivity index (χ3v) is 4.69. The van der Waals surface area contributed by atoms with E-state index in [2.05, 4.69) is 26.2 Å². The lowest BCUT2D eigenvalue weighted by Crippen LogP contribution is -2.21. The second kappa shape index (κ2) is 7.58. The van der Waals surface area contributed by atoms with E-state index < -0.39 is 23.4 Å². The maximum Gasteiger partial charge on any atom is 0.356 e. The molecule has 2 aromatic carbocycles. The topological polar surface area (TPSA) is 114 Å². The number of nitrogens with zero attached hydrogens (tertiary/aromatic N) is 1. The zero-order chi connectivity index (χ0) is 19.6. The lowest BCUT2D eigenvalue weighted by Gasteiger charge is -2.07. The molecule has 138 valence electrons. The maximum absolute atomic E-state index is 12.2. The predicted octanol–water partition coefficient (Wildman–Crippen LogP) is 3.94. The number of para-hydroxylation sites is 1. The van der Waals surface area contributed by atoms with Crippen molar-refractivity contribution in [1.29, 1.82) is 0 Å². The van der Waals surface area contributed by atoms with E-state index in [1.807, 2.05) is 24.3 Å². The van der Waals surface area contributed by atoms with Crippen molar-refractivity contribution in [2.75, 3.05) is 11.9 Å². The quantitative estimate of drug-likeness (QED) is 0.360. The fourth-order valence-electron chi connectivity index (χ4n) is 2.53. The molecule has 0 aliphatic rings. The number of carbonyl (C=O) groups is 2. The van der Waals surface area contributed by atoms with Crippen LogP contribution in [0.4, 0.5) is 11.4 Å². The van der Waals surface area contributed by atoms with Crippen LogP contribution < -0.4 is 5.32 Å². The first kappa shape index (κ1) is 18.6. The molecule has 0 radical (unpaired) electrons. The van der Waals surface area contributed by atoms with Crippen LogP contribution in [0.1, 0.15) is 16.1 Å². The highest BCUT2D eigenvalue weighted by Gasteiger charge is 2.19. The van der Waals surface area contributed by atoms with Gasteiger partial charge in [0.25, 0.3) is 11.6 Å². The number of fused-ring (bicyclic) bond motifs is 1. The SMILES string of the molecule is Cc1ccc(NC(=O)COC(=O)c2[nH]c3ccccc3c2Br)cc1[N+](=O)[O-]. The molecule has 0 bridgehead atoms. The highest BCUT2D eigenvalue weighted by atomic mass is 79.9. The number of aromatic amines is 1. The van der Waals surface area contributed by atoms with Crippen LogP contribution in [0.5, 0.6) is 0 Å². The maximum atomic E-state index is 12.2. The van der Waals surface area contributed by atoms with Crippen molar-refractivity contribution in [3.8, 4) is 0 Å². The summed E-state index contributed by atoms with van der Waals surface area (Å²) in [6, 6.07) is 11.6. The number of amides is 1.